The molecule has 1 aliphatic rings. The number of amides is 1. The van der Waals surface area contributed by atoms with E-state index in [2.05, 4.69) is 5.32 Å². The first-order valence-electron chi connectivity index (χ1n) is 9.01. The van der Waals surface area contributed by atoms with Crippen LogP contribution in [0, 0.1) is 6.92 Å². The van der Waals surface area contributed by atoms with E-state index in [0.29, 0.717) is 18.0 Å². The molecule has 2 aromatic rings. The van der Waals surface area contributed by atoms with Gasteiger partial charge >= 0.3 is 0 Å². The Morgan fingerprint density at radius 2 is 2.08 bits per heavy atom. The van der Waals surface area contributed by atoms with Crippen molar-refractivity contribution in [2.24, 2.45) is 0 Å². The molecule has 0 bridgehead atoms. The Morgan fingerprint density at radius 1 is 1.27 bits per heavy atom. The number of benzene rings is 2. The van der Waals surface area contributed by atoms with E-state index >= 15 is 0 Å². The van der Waals surface area contributed by atoms with Crippen LogP contribution in [0.1, 0.15) is 30.9 Å². The molecule has 4 heteroatoms. The molecular formula is C22H25NO3. The van der Waals surface area contributed by atoms with Crippen molar-refractivity contribution in [2.45, 2.75) is 32.8 Å². The topological polar surface area (TPSA) is 47.6 Å². The normalized spacial score (nSPS) is 17.2. The zero-order chi connectivity index (χ0) is 18.4. The van der Waals surface area contributed by atoms with E-state index in [0.717, 1.165) is 36.1 Å². The summed E-state index contributed by atoms with van der Waals surface area (Å²) in [6.07, 6.45) is 3.85. The second-order valence-corrected chi connectivity index (χ2v) is 6.63. The van der Waals surface area contributed by atoms with Gasteiger partial charge in [-0.25, -0.2) is 0 Å². The maximum Gasteiger partial charge on any atom is 0.248 e. The van der Waals surface area contributed by atoms with Gasteiger partial charge in [-0.3, -0.25) is 4.79 Å². The van der Waals surface area contributed by atoms with Crippen molar-refractivity contribution in [3.8, 4) is 5.75 Å². The van der Waals surface area contributed by atoms with Gasteiger partial charge < -0.3 is 14.8 Å². The standard InChI is InChI=1S/C22H25NO3/c1-16-10-11-20(21(13-16)26-15-19-9-6-12-25-19)23-22(24)14-17(2)18-7-4-3-5-8-18/h3-5,7-8,10-11,13-14,19H,6,9,12,15H2,1-2H3,(H,23,24)/b17-14-. The predicted molar refractivity (Wildman–Crippen MR) is 104 cm³/mol. The molecule has 136 valence electrons. The minimum absolute atomic E-state index is 0.138. The largest absolute Gasteiger partial charge is 0.489 e. The van der Waals surface area contributed by atoms with Gasteiger partial charge in [-0.05, 0) is 55.5 Å². The van der Waals surface area contributed by atoms with Crippen molar-refractivity contribution in [1.82, 2.24) is 0 Å². The molecule has 1 unspecified atom stereocenters. The Bertz CT molecular complexity index is 777. The first-order chi connectivity index (χ1) is 12.6. The summed E-state index contributed by atoms with van der Waals surface area (Å²) < 4.78 is 11.5. The number of allylic oxidation sites excluding steroid dienone is 1. The molecule has 1 heterocycles. The molecule has 0 radical (unpaired) electrons. The summed E-state index contributed by atoms with van der Waals surface area (Å²) in [5.74, 6) is 0.511. The average Bonchev–Trinajstić information content (AvgIpc) is 3.16. The second kappa shape index (κ2) is 8.68. The molecule has 0 spiro atoms. The van der Waals surface area contributed by atoms with Crippen molar-refractivity contribution >= 4 is 17.2 Å². The zero-order valence-corrected chi connectivity index (χ0v) is 15.3. The highest BCUT2D eigenvalue weighted by Crippen LogP contribution is 2.27. The summed E-state index contributed by atoms with van der Waals surface area (Å²) >= 11 is 0. The number of hydrogen-bond donors (Lipinski definition) is 1. The lowest BCUT2D eigenvalue weighted by Gasteiger charge is -2.15. The number of anilines is 1. The third kappa shape index (κ3) is 4.96. The molecule has 4 nitrogen and oxygen atoms in total. The Hall–Kier alpha value is -2.59. The number of rotatable bonds is 6. The third-order valence-electron chi connectivity index (χ3n) is 4.42. The minimum atomic E-state index is -0.169. The van der Waals surface area contributed by atoms with Crippen LogP contribution >= 0.6 is 0 Å². The first kappa shape index (κ1) is 18.2. The van der Waals surface area contributed by atoms with Crippen LogP contribution in [0.3, 0.4) is 0 Å². The van der Waals surface area contributed by atoms with Crippen molar-refractivity contribution in [3.63, 3.8) is 0 Å². The first-order valence-corrected chi connectivity index (χ1v) is 9.01. The molecule has 1 aliphatic heterocycles. The van der Waals surface area contributed by atoms with Crippen molar-refractivity contribution in [2.75, 3.05) is 18.5 Å². The number of carbonyl (C=O) groups excluding carboxylic acids is 1. The number of aryl methyl sites for hydroxylation is 1. The molecule has 1 saturated heterocycles. The lowest BCUT2D eigenvalue weighted by Crippen LogP contribution is -2.17. The number of hydrogen-bond acceptors (Lipinski definition) is 3. The smallest absolute Gasteiger partial charge is 0.248 e. The summed E-state index contributed by atoms with van der Waals surface area (Å²) in [4.78, 5) is 12.4. The van der Waals surface area contributed by atoms with E-state index in [4.69, 9.17) is 9.47 Å². The maximum atomic E-state index is 12.4. The molecule has 0 aromatic heterocycles. The molecule has 26 heavy (non-hydrogen) atoms. The Labute approximate surface area is 154 Å². The van der Waals surface area contributed by atoms with E-state index in [1.54, 1.807) is 6.08 Å². The second-order valence-electron chi connectivity index (χ2n) is 6.63. The molecule has 3 rings (SSSR count). The van der Waals surface area contributed by atoms with E-state index in [1.165, 1.54) is 0 Å². The van der Waals surface area contributed by atoms with Gasteiger partial charge in [0, 0.05) is 12.7 Å². The molecule has 0 aliphatic carbocycles. The van der Waals surface area contributed by atoms with Crippen LogP contribution in [0.15, 0.2) is 54.6 Å². The fourth-order valence-electron chi connectivity index (χ4n) is 2.96. The summed E-state index contributed by atoms with van der Waals surface area (Å²) in [5, 5.41) is 2.93. The number of nitrogens with one attached hydrogen (secondary N) is 1. The summed E-state index contributed by atoms with van der Waals surface area (Å²) in [7, 11) is 0. The lowest BCUT2D eigenvalue weighted by molar-refractivity contribution is -0.111. The summed E-state index contributed by atoms with van der Waals surface area (Å²) in [6.45, 7) is 5.24. The van der Waals surface area contributed by atoms with Gasteiger partial charge in [0.25, 0.3) is 0 Å². The molecule has 2 aromatic carbocycles. The highest BCUT2D eigenvalue weighted by molar-refractivity contribution is 6.04. The Kier molecular flexibility index (Phi) is 6.08. The van der Waals surface area contributed by atoms with Gasteiger partial charge in [0.05, 0.1) is 11.8 Å². The van der Waals surface area contributed by atoms with Crippen molar-refractivity contribution in [3.05, 3.63) is 65.7 Å². The monoisotopic (exact) mass is 351 g/mol. The lowest BCUT2D eigenvalue weighted by atomic mass is 10.1. The highest BCUT2D eigenvalue weighted by atomic mass is 16.5. The van der Waals surface area contributed by atoms with Crippen LogP contribution in [-0.4, -0.2) is 25.2 Å². The fourth-order valence-corrected chi connectivity index (χ4v) is 2.96. The predicted octanol–water partition coefficient (Wildman–Crippen LogP) is 4.59. The molecule has 1 N–H and O–H groups in total. The molecular weight excluding hydrogens is 326 g/mol. The van der Waals surface area contributed by atoms with Gasteiger partial charge in [0.2, 0.25) is 5.91 Å². The molecule has 0 saturated carbocycles. The fraction of sp³-hybridized carbons (Fsp3) is 0.318. The van der Waals surface area contributed by atoms with Crippen molar-refractivity contribution < 1.29 is 14.3 Å². The van der Waals surface area contributed by atoms with Crippen LogP contribution in [-0.2, 0) is 9.53 Å². The highest BCUT2D eigenvalue weighted by Gasteiger charge is 2.17. The van der Waals surface area contributed by atoms with Crippen LogP contribution < -0.4 is 10.1 Å². The average molecular weight is 351 g/mol. The molecule has 1 atom stereocenters. The SMILES string of the molecule is C/C(=C/C(=O)Nc1ccc(C)cc1OCC1CCCO1)c1ccccc1. The van der Waals surface area contributed by atoms with E-state index < -0.39 is 0 Å². The van der Waals surface area contributed by atoms with E-state index in [1.807, 2.05) is 62.4 Å². The Balaban J connectivity index is 1.69. The van der Waals surface area contributed by atoms with Crippen LogP contribution in [0.2, 0.25) is 0 Å². The number of carbonyl (C=O) groups is 1. The third-order valence-corrected chi connectivity index (χ3v) is 4.42. The van der Waals surface area contributed by atoms with Crippen molar-refractivity contribution in [1.29, 1.82) is 0 Å². The van der Waals surface area contributed by atoms with Gasteiger partial charge in [0.15, 0.2) is 0 Å². The zero-order valence-electron chi connectivity index (χ0n) is 15.3. The van der Waals surface area contributed by atoms with Gasteiger partial charge in [0.1, 0.15) is 12.4 Å². The van der Waals surface area contributed by atoms with Crippen LogP contribution in [0.25, 0.3) is 5.57 Å². The molecule has 1 fully saturated rings. The number of ether oxygens (including phenoxy) is 2. The molecule has 1 amide bonds. The van der Waals surface area contributed by atoms with E-state index in [-0.39, 0.29) is 12.0 Å². The summed E-state index contributed by atoms with van der Waals surface area (Å²) in [6, 6.07) is 15.6. The Morgan fingerprint density at radius 3 is 2.81 bits per heavy atom. The quantitative estimate of drug-likeness (QED) is 0.774. The van der Waals surface area contributed by atoms with Crippen LogP contribution in [0.4, 0.5) is 5.69 Å². The van der Waals surface area contributed by atoms with E-state index in [9.17, 15) is 4.79 Å². The van der Waals surface area contributed by atoms with Gasteiger partial charge in [-0.1, -0.05) is 36.4 Å². The van der Waals surface area contributed by atoms with Gasteiger partial charge in [-0.15, -0.1) is 0 Å². The van der Waals surface area contributed by atoms with Gasteiger partial charge in [-0.2, -0.15) is 0 Å². The minimum Gasteiger partial charge on any atom is -0.489 e. The van der Waals surface area contributed by atoms with Crippen LogP contribution in [0.5, 0.6) is 5.75 Å². The summed E-state index contributed by atoms with van der Waals surface area (Å²) in [5.41, 5.74) is 3.70. The maximum absolute atomic E-state index is 12.4.